The average Bonchev–Trinajstić information content (AvgIpc) is 2.16. The molecule has 0 aliphatic carbocycles. The molecule has 0 radical (unpaired) electrons. The van der Waals surface area contributed by atoms with Crippen LogP contribution in [0.3, 0.4) is 0 Å². The number of Topliss-reactive ketones (excluding diaryl/α,β-unsaturated/α-hetero) is 1. The Labute approximate surface area is 86.2 Å². The van der Waals surface area contributed by atoms with Crippen LogP contribution >= 0.6 is 0 Å². The lowest BCUT2D eigenvalue weighted by molar-refractivity contribution is -0.167. The zero-order valence-electron chi connectivity index (χ0n) is 8.32. The maximum absolute atomic E-state index is 12.4. The summed E-state index contributed by atoms with van der Waals surface area (Å²) in [5.41, 5.74) is 0. The van der Waals surface area contributed by atoms with Crippen LogP contribution in [0.15, 0.2) is 12.7 Å². The van der Waals surface area contributed by atoms with E-state index in [1.54, 1.807) is 6.08 Å². The Kier molecular flexibility index (Phi) is 6.20. The van der Waals surface area contributed by atoms with Crippen molar-refractivity contribution in [3.8, 4) is 0 Å². The van der Waals surface area contributed by atoms with E-state index in [0.717, 1.165) is 12.8 Å². The standard InChI is InChI=1S/C10H14F4O/c1-2-3-4-5-6-7-8(15)10(13,14)9(11)12/h2,9H,1,3-7H2. The van der Waals surface area contributed by atoms with Gasteiger partial charge in [-0.05, 0) is 19.3 Å². The third kappa shape index (κ3) is 4.95. The molecule has 0 bridgehead atoms. The Hall–Kier alpha value is -0.870. The molecule has 88 valence electrons. The molecule has 0 N–H and O–H groups in total. The van der Waals surface area contributed by atoms with Crippen molar-refractivity contribution in [1.82, 2.24) is 0 Å². The van der Waals surface area contributed by atoms with E-state index in [-0.39, 0.29) is 6.42 Å². The van der Waals surface area contributed by atoms with Gasteiger partial charge in [0.25, 0.3) is 0 Å². The van der Waals surface area contributed by atoms with Crippen molar-refractivity contribution in [3.63, 3.8) is 0 Å². The van der Waals surface area contributed by atoms with Crippen LogP contribution in [0.25, 0.3) is 0 Å². The van der Waals surface area contributed by atoms with Crippen LogP contribution in [0.1, 0.15) is 32.1 Å². The fourth-order valence-corrected chi connectivity index (χ4v) is 1.04. The predicted molar refractivity (Wildman–Crippen MR) is 49.2 cm³/mol. The second-order valence-electron chi connectivity index (χ2n) is 3.23. The second-order valence-corrected chi connectivity index (χ2v) is 3.23. The third-order valence-corrected chi connectivity index (χ3v) is 1.96. The first kappa shape index (κ1) is 14.1. The largest absolute Gasteiger partial charge is 0.364 e. The van der Waals surface area contributed by atoms with Gasteiger partial charge in [0.1, 0.15) is 0 Å². The number of ketones is 1. The lowest BCUT2D eigenvalue weighted by Crippen LogP contribution is -2.36. The Morgan fingerprint density at radius 3 is 2.33 bits per heavy atom. The average molecular weight is 226 g/mol. The van der Waals surface area contributed by atoms with Gasteiger partial charge in [0.2, 0.25) is 5.78 Å². The van der Waals surface area contributed by atoms with Gasteiger partial charge in [0.15, 0.2) is 0 Å². The highest BCUT2D eigenvalue weighted by molar-refractivity contribution is 5.85. The molecule has 0 saturated carbocycles. The molecule has 0 amide bonds. The number of allylic oxidation sites excluding steroid dienone is 1. The number of hydrogen-bond donors (Lipinski definition) is 0. The van der Waals surface area contributed by atoms with E-state index in [0.29, 0.717) is 6.42 Å². The van der Waals surface area contributed by atoms with E-state index >= 15 is 0 Å². The van der Waals surface area contributed by atoms with Crippen LogP contribution in [0.5, 0.6) is 0 Å². The summed E-state index contributed by atoms with van der Waals surface area (Å²) in [6.45, 7) is 3.47. The van der Waals surface area contributed by atoms with Crippen molar-refractivity contribution < 1.29 is 22.4 Å². The summed E-state index contributed by atoms with van der Waals surface area (Å²) in [5, 5.41) is 0. The quantitative estimate of drug-likeness (QED) is 0.351. The maximum Gasteiger partial charge on any atom is 0.364 e. The zero-order valence-corrected chi connectivity index (χ0v) is 8.32. The number of carbonyl (C=O) groups excluding carboxylic acids is 1. The molecule has 0 aliphatic heterocycles. The summed E-state index contributed by atoms with van der Waals surface area (Å²) >= 11 is 0. The van der Waals surface area contributed by atoms with Crippen molar-refractivity contribution in [1.29, 1.82) is 0 Å². The number of unbranched alkanes of at least 4 members (excludes halogenated alkanes) is 3. The molecule has 5 heteroatoms. The highest BCUT2D eigenvalue weighted by Crippen LogP contribution is 2.26. The smallest absolute Gasteiger partial charge is 0.293 e. The molecule has 15 heavy (non-hydrogen) atoms. The summed E-state index contributed by atoms with van der Waals surface area (Å²) in [5.74, 6) is -6.16. The SMILES string of the molecule is C=CCCCCCC(=O)C(F)(F)C(F)F. The molecule has 0 aromatic carbocycles. The fraction of sp³-hybridized carbons (Fsp3) is 0.700. The van der Waals surface area contributed by atoms with Gasteiger partial charge in [-0.2, -0.15) is 8.78 Å². The van der Waals surface area contributed by atoms with E-state index in [2.05, 4.69) is 6.58 Å². The lowest BCUT2D eigenvalue weighted by atomic mass is 10.1. The second kappa shape index (κ2) is 6.58. The summed E-state index contributed by atoms with van der Waals surface area (Å²) in [6, 6.07) is 0. The molecule has 0 fully saturated rings. The molecule has 0 rings (SSSR count). The van der Waals surface area contributed by atoms with E-state index in [4.69, 9.17) is 0 Å². The van der Waals surface area contributed by atoms with Crippen LogP contribution in [-0.2, 0) is 4.79 Å². The van der Waals surface area contributed by atoms with Crippen LogP contribution in [0.2, 0.25) is 0 Å². The van der Waals surface area contributed by atoms with Crippen molar-refractivity contribution >= 4 is 5.78 Å². The maximum atomic E-state index is 12.4. The van der Waals surface area contributed by atoms with E-state index < -0.39 is 24.6 Å². The van der Waals surface area contributed by atoms with Crippen molar-refractivity contribution in [2.24, 2.45) is 0 Å². The molecule has 0 aliphatic rings. The van der Waals surface area contributed by atoms with Gasteiger partial charge in [0, 0.05) is 6.42 Å². The number of hydrogen-bond acceptors (Lipinski definition) is 1. The Balaban J connectivity index is 3.79. The van der Waals surface area contributed by atoms with Gasteiger partial charge < -0.3 is 0 Å². The van der Waals surface area contributed by atoms with Crippen LogP contribution in [0.4, 0.5) is 17.6 Å². The Morgan fingerprint density at radius 2 is 1.87 bits per heavy atom. The molecule has 0 aromatic rings. The minimum Gasteiger partial charge on any atom is -0.293 e. The number of halogens is 4. The van der Waals surface area contributed by atoms with Crippen LogP contribution in [-0.4, -0.2) is 18.1 Å². The zero-order chi connectivity index (χ0) is 11.9. The van der Waals surface area contributed by atoms with Crippen molar-refractivity contribution in [2.75, 3.05) is 0 Å². The van der Waals surface area contributed by atoms with Gasteiger partial charge in [-0.15, -0.1) is 6.58 Å². The van der Waals surface area contributed by atoms with Crippen molar-refractivity contribution in [3.05, 3.63) is 12.7 Å². The minimum atomic E-state index is -4.49. The van der Waals surface area contributed by atoms with E-state index in [1.807, 2.05) is 0 Å². The Morgan fingerprint density at radius 1 is 1.27 bits per heavy atom. The van der Waals surface area contributed by atoms with Gasteiger partial charge >= 0.3 is 12.3 Å². The molecule has 1 nitrogen and oxygen atoms in total. The molecular weight excluding hydrogens is 212 g/mol. The monoisotopic (exact) mass is 226 g/mol. The van der Waals surface area contributed by atoms with E-state index in [1.165, 1.54) is 0 Å². The number of carbonyl (C=O) groups is 1. The van der Waals surface area contributed by atoms with E-state index in [9.17, 15) is 22.4 Å². The normalized spacial score (nSPS) is 11.8. The van der Waals surface area contributed by atoms with Crippen LogP contribution < -0.4 is 0 Å². The Bertz CT molecular complexity index is 213. The fourth-order valence-electron chi connectivity index (χ4n) is 1.04. The third-order valence-electron chi connectivity index (χ3n) is 1.96. The lowest BCUT2D eigenvalue weighted by Gasteiger charge is -2.13. The summed E-state index contributed by atoms with van der Waals surface area (Å²) in [6.07, 6.45) is -0.467. The highest BCUT2D eigenvalue weighted by atomic mass is 19.3. The van der Waals surface area contributed by atoms with Crippen molar-refractivity contribution in [2.45, 2.75) is 44.5 Å². The molecule has 0 spiro atoms. The summed E-state index contributed by atoms with van der Waals surface area (Å²) in [7, 11) is 0. The highest BCUT2D eigenvalue weighted by Gasteiger charge is 2.47. The summed E-state index contributed by atoms with van der Waals surface area (Å²) < 4.78 is 48.2. The number of alkyl halides is 4. The molecular formula is C10H14F4O. The molecule has 0 unspecified atom stereocenters. The van der Waals surface area contributed by atoms with Gasteiger partial charge in [-0.1, -0.05) is 12.5 Å². The van der Waals surface area contributed by atoms with Gasteiger partial charge in [-0.25, -0.2) is 8.78 Å². The molecule has 0 atom stereocenters. The molecule has 0 saturated heterocycles. The summed E-state index contributed by atoms with van der Waals surface area (Å²) in [4.78, 5) is 10.7. The van der Waals surface area contributed by atoms with Gasteiger partial charge in [-0.3, -0.25) is 4.79 Å². The first-order chi connectivity index (χ1) is 6.92. The number of rotatable bonds is 8. The van der Waals surface area contributed by atoms with Crippen LogP contribution in [0, 0.1) is 0 Å². The first-order valence-corrected chi connectivity index (χ1v) is 4.73. The predicted octanol–water partition coefficient (Wildman–Crippen LogP) is 3.59. The molecule has 0 aromatic heterocycles. The first-order valence-electron chi connectivity index (χ1n) is 4.73. The topological polar surface area (TPSA) is 17.1 Å². The van der Waals surface area contributed by atoms with Gasteiger partial charge in [0.05, 0.1) is 0 Å². The minimum absolute atomic E-state index is 0.217. The molecule has 0 heterocycles.